The van der Waals surface area contributed by atoms with Crippen LogP contribution in [0.5, 0.6) is 0 Å². The maximum Gasteiger partial charge on any atom is 0.289 e. The number of hydrogen-bond donors (Lipinski definition) is 1. The van der Waals surface area contributed by atoms with Gasteiger partial charge in [0.05, 0.1) is 23.2 Å². The highest BCUT2D eigenvalue weighted by Crippen LogP contribution is 2.36. The van der Waals surface area contributed by atoms with Crippen molar-refractivity contribution in [2.75, 3.05) is 11.5 Å². The first-order valence-electron chi connectivity index (χ1n) is 12.0. The Hall–Kier alpha value is -3.90. The first kappa shape index (κ1) is 27.1. The lowest BCUT2D eigenvalue weighted by Gasteiger charge is -2.08. The van der Waals surface area contributed by atoms with E-state index in [1.165, 1.54) is 16.8 Å². The van der Waals surface area contributed by atoms with E-state index in [4.69, 9.17) is 0 Å². The van der Waals surface area contributed by atoms with Crippen molar-refractivity contribution in [2.45, 2.75) is 36.5 Å². The van der Waals surface area contributed by atoms with Crippen molar-refractivity contribution in [3.05, 3.63) is 78.6 Å². The molecule has 0 fully saturated rings. The van der Waals surface area contributed by atoms with E-state index in [-0.39, 0.29) is 40.5 Å². The molecule has 38 heavy (non-hydrogen) atoms. The molecule has 0 aromatic carbocycles. The van der Waals surface area contributed by atoms with Gasteiger partial charge in [-0.3, -0.25) is 14.8 Å². The number of pyridine rings is 3. The molecule has 0 aliphatic heterocycles. The number of fused-ring (bicyclic) bond motifs is 1. The molecule has 198 valence electrons. The van der Waals surface area contributed by atoms with Crippen molar-refractivity contribution in [1.29, 1.82) is 0 Å². The van der Waals surface area contributed by atoms with Crippen molar-refractivity contribution in [3.63, 3.8) is 0 Å². The summed E-state index contributed by atoms with van der Waals surface area (Å²) >= 11 is 0. The maximum absolute atomic E-state index is 13.5. The Labute approximate surface area is 221 Å². The van der Waals surface area contributed by atoms with Gasteiger partial charge in [0, 0.05) is 31.0 Å². The minimum absolute atomic E-state index is 0.103. The van der Waals surface area contributed by atoms with E-state index in [0.29, 0.717) is 11.1 Å². The Kier molecular flexibility index (Phi) is 8.02. The fourth-order valence-corrected chi connectivity index (χ4v) is 8.11. The third-order valence-electron chi connectivity index (χ3n) is 5.73. The van der Waals surface area contributed by atoms with E-state index in [9.17, 15) is 21.6 Å². The Morgan fingerprint density at radius 3 is 2.05 bits per heavy atom. The number of amides is 1. The molecule has 0 aliphatic carbocycles. The molecular weight excluding hydrogens is 526 g/mol. The van der Waals surface area contributed by atoms with Crippen LogP contribution < -0.4 is 5.43 Å². The fourth-order valence-electron chi connectivity index (χ4n) is 4.14. The smallest absolute Gasteiger partial charge is 0.289 e. The standard InChI is InChI=1S/C26H27N5O5S2/c1-3-15-37(33,34)24-22-17-21(20-7-12-28-13-8-20)9-14-31(22)23(25(24)38(35,36)16-4-2)26(32)30-29-18-19-5-10-27-11-6-19/h5-14,17-18H,3-4,15-16H2,1-2H3,(H,30,32)/b29-18-. The molecule has 0 spiro atoms. The molecule has 10 nitrogen and oxygen atoms in total. The zero-order valence-electron chi connectivity index (χ0n) is 20.9. The fraction of sp³-hybridized carbons (Fsp3) is 0.231. The van der Waals surface area contributed by atoms with Gasteiger partial charge in [-0.2, -0.15) is 5.10 Å². The van der Waals surface area contributed by atoms with Crippen molar-refractivity contribution < 1.29 is 21.6 Å². The highest BCUT2D eigenvalue weighted by atomic mass is 32.2. The summed E-state index contributed by atoms with van der Waals surface area (Å²) in [6.45, 7) is 3.37. The van der Waals surface area contributed by atoms with E-state index >= 15 is 0 Å². The van der Waals surface area contributed by atoms with Crippen LogP contribution in [0.2, 0.25) is 0 Å². The summed E-state index contributed by atoms with van der Waals surface area (Å²) in [4.78, 5) is 20.5. The molecule has 4 heterocycles. The van der Waals surface area contributed by atoms with Crippen LogP contribution in [0.15, 0.2) is 82.3 Å². The minimum Gasteiger partial charge on any atom is -0.310 e. The van der Waals surface area contributed by atoms with Gasteiger partial charge in [-0.15, -0.1) is 0 Å². The van der Waals surface area contributed by atoms with Crippen LogP contribution in [0.1, 0.15) is 42.7 Å². The summed E-state index contributed by atoms with van der Waals surface area (Å²) in [5, 5.41) is 3.95. The van der Waals surface area contributed by atoms with Gasteiger partial charge in [0.15, 0.2) is 19.7 Å². The Morgan fingerprint density at radius 2 is 1.45 bits per heavy atom. The molecule has 0 unspecified atom stereocenters. The highest BCUT2D eigenvalue weighted by molar-refractivity contribution is 7.94. The van der Waals surface area contributed by atoms with Gasteiger partial charge in [-0.25, -0.2) is 22.3 Å². The topological polar surface area (TPSA) is 140 Å². The monoisotopic (exact) mass is 553 g/mol. The van der Waals surface area contributed by atoms with Crippen molar-refractivity contribution in [2.24, 2.45) is 5.10 Å². The second-order valence-electron chi connectivity index (χ2n) is 8.53. The molecule has 0 atom stereocenters. The molecule has 0 saturated carbocycles. The lowest BCUT2D eigenvalue weighted by molar-refractivity contribution is 0.0945. The Morgan fingerprint density at radius 1 is 0.868 bits per heavy atom. The Bertz CT molecular complexity index is 1700. The SMILES string of the molecule is CCCS(=O)(=O)c1c(S(=O)(=O)CCC)c2cc(-c3ccncc3)ccn2c1C(=O)N/N=C\c1ccncc1. The normalized spacial score (nSPS) is 12.3. The summed E-state index contributed by atoms with van der Waals surface area (Å²) in [6, 6.07) is 10.1. The summed E-state index contributed by atoms with van der Waals surface area (Å²) in [5.41, 5.74) is 4.22. The molecule has 12 heteroatoms. The average molecular weight is 554 g/mol. The number of rotatable bonds is 10. The van der Waals surface area contributed by atoms with Gasteiger partial charge >= 0.3 is 0 Å². The number of aromatic nitrogens is 3. The van der Waals surface area contributed by atoms with Gasteiger partial charge in [-0.1, -0.05) is 13.8 Å². The highest BCUT2D eigenvalue weighted by Gasteiger charge is 2.37. The molecule has 0 saturated heterocycles. The maximum atomic E-state index is 13.5. The van der Waals surface area contributed by atoms with E-state index in [0.717, 1.165) is 5.56 Å². The first-order chi connectivity index (χ1) is 18.2. The molecule has 4 rings (SSSR count). The average Bonchev–Trinajstić information content (AvgIpc) is 3.26. The zero-order valence-corrected chi connectivity index (χ0v) is 22.5. The van der Waals surface area contributed by atoms with Crippen LogP contribution in [0, 0.1) is 0 Å². The van der Waals surface area contributed by atoms with Gasteiger partial charge in [0.25, 0.3) is 5.91 Å². The lowest BCUT2D eigenvalue weighted by Crippen LogP contribution is -2.23. The molecule has 1 amide bonds. The zero-order chi connectivity index (χ0) is 27.3. The minimum atomic E-state index is -4.17. The van der Waals surface area contributed by atoms with Crippen LogP contribution in [0.4, 0.5) is 0 Å². The molecular formula is C26H27N5O5S2. The van der Waals surface area contributed by atoms with Gasteiger partial charge < -0.3 is 4.40 Å². The number of carbonyl (C=O) groups excluding carboxylic acids is 1. The van der Waals surface area contributed by atoms with E-state index in [1.54, 1.807) is 75.0 Å². The summed E-state index contributed by atoms with van der Waals surface area (Å²) in [5.74, 6) is -1.45. The molecule has 0 bridgehead atoms. The summed E-state index contributed by atoms with van der Waals surface area (Å²) in [6.07, 6.45) is 9.72. The van der Waals surface area contributed by atoms with E-state index in [1.807, 2.05) is 0 Å². The third-order valence-corrected chi connectivity index (χ3v) is 9.81. The summed E-state index contributed by atoms with van der Waals surface area (Å²) < 4.78 is 55.5. The number of nitrogens with zero attached hydrogens (tertiary/aromatic N) is 4. The Balaban J connectivity index is 1.99. The van der Waals surface area contributed by atoms with E-state index in [2.05, 4.69) is 20.5 Å². The third kappa shape index (κ3) is 5.50. The lowest BCUT2D eigenvalue weighted by atomic mass is 10.1. The quantitative estimate of drug-likeness (QED) is 0.234. The van der Waals surface area contributed by atoms with Crippen LogP contribution in [0.25, 0.3) is 16.6 Å². The number of hydrazone groups is 1. The van der Waals surface area contributed by atoms with Crippen LogP contribution >= 0.6 is 0 Å². The van der Waals surface area contributed by atoms with Gasteiger partial charge in [0.1, 0.15) is 15.5 Å². The van der Waals surface area contributed by atoms with Crippen LogP contribution in [-0.4, -0.2) is 54.8 Å². The molecule has 0 aliphatic rings. The van der Waals surface area contributed by atoms with Gasteiger partial charge in [0.2, 0.25) is 0 Å². The predicted octanol–water partition coefficient (Wildman–Crippen LogP) is 3.53. The van der Waals surface area contributed by atoms with E-state index < -0.39 is 30.5 Å². The number of hydrogen-bond acceptors (Lipinski definition) is 8. The predicted molar refractivity (Wildman–Crippen MR) is 145 cm³/mol. The van der Waals surface area contributed by atoms with Crippen molar-refractivity contribution in [3.8, 4) is 11.1 Å². The summed E-state index contributed by atoms with van der Waals surface area (Å²) in [7, 11) is -8.25. The number of carbonyl (C=O) groups is 1. The molecule has 4 aromatic rings. The molecule has 1 N–H and O–H groups in total. The van der Waals surface area contributed by atoms with Gasteiger partial charge in [-0.05, 0) is 65.9 Å². The number of sulfone groups is 2. The number of nitrogens with one attached hydrogen (secondary N) is 1. The first-order valence-corrected chi connectivity index (χ1v) is 15.3. The molecule has 0 radical (unpaired) electrons. The largest absolute Gasteiger partial charge is 0.310 e. The van der Waals surface area contributed by atoms with Crippen LogP contribution in [0.3, 0.4) is 0 Å². The van der Waals surface area contributed by atoms with Crippen molar-refractivity contribution >= 4 is 37.3 Å². The molecule has 4 aromatic heterocycles. The second kappa shape index (κ2) is 11.2. The van der Waals surface area contributed by atoms with Crippen LogP contribution in [-0.2, 0) is 19.7 Å². The van der Waals surface area contributed by atoms with Crippen molar-refractivity contribution in [1.82, 2.24) is 19.8 Å². The second-order valence-corrected chi connectivity index (χ2v) is 12.6.